The van der Waals surface area contributed by atoms with Gasteiger partial charge in [-0.05, 0) is 33.6 Å². The maximum atomic E-state index is 13.0. The molecule has 0 aliphatic heterocycles. The predicted molar refractivity (Wildman–Crippen MR) is 76.1 cm³/mol. The van der Waals surface area contributed by atoms with Crippen LogP contribution >= 0.6 is 15.9 Å². The van der Waals surface area contributed by atoms with Crippen LogP contribution in [0.3, 0.4) is 0 Å². The Hall–Kier alpha value is -1.28. The molecule has 110 valence electrons. The number of hydrogen-bond donors (Lipinski definition) is 2. The van der Waals surface area contributed by atoms with Crippen LogP contribution in [0.2, 0.25) is 0 Å². The van der Waals surface area contributed by atoms with Crippen molar-refractivity contribution in [2.45, 2.75) is 18.7 Å². The predicted octanol–water partition coefficient (Wildman–Crippen LogP) is 1.43. The molecule has 20 heavy (non-hydrogen) atoms. The van der Waals surface area contributed by atoms with Gasteiger partial charge < -0.3 is 10.4 Å². The van der Waals surface area contributed by atoms with Crippen LogP contribution in [-0.2, 0) is 26.1 Å². The summed E-state index contributed by atoms with van der Waals surface area (Å²) in [6.07, 6.45) is 0. The summed E-state index contributed by atoms with van der Waals surface area (Å²) in [6, 6.07) is 3.00. The lowest BCUT2D eigenvalue weighted by Crippen LogP contribution is -2.43. The van der Waals surface area contributed by atoms with Crippen molar-refractivity contribution in [2.75, 3.05) is 5.75 Å². The maximum absolute atomic E-state index is 13.0. The summed E-state index contributed by atoms with van der Waals surface area (Å²) in [5.74, 6) is -2.29. The minimum Gasteiger partial charge on any atom is -0.480 e. The molecule has 1 aromatic rings. The molecule has 0 aromatic heterocycles. The number of amides is 1. The Labute approximate surface area is 126 Å². The third kappa shape index (κ3) is 5.38. The van der Waals surface area contributed by atoms with Gasteiger partial charge in [-0.15, -0.1) is 0 Å². The summed E-state index contributed by atoms with van der Waals surface area (Å²) in [5.41, 5.74) is 0.614. The first kappa shape index (κ1) is 16.8. The second-order valence-corrected chi connectivity index (χ2v) is 6.45. The van der Waals surface area contributed by atoms with Crippen molar-refractivity contribution in [1.82, 2.24) is 5.32 Å². The number of hydrogen-bond acceptors (Lipinski definition) is 3. The van der Waals surface area contributed by atoms with Crippen molar-refractivity contribution in [3.05, 3.63) is 34.1 Å². The molecule has 0 heterocycles. The molecule has 0 spiro atoms. The molecule has 5 nitrogen and oxygen atoms in total. The number of carboxylic acid groups (broad SMARTS) is 1. The summed E-state index contributed by atoms with van der Waals surface area (Å²) in [6.45, 7) is 1.19. The van der Waals surface area contributed by atoms with Gasteiger partial charge in [0.25, 0.3) is 0 Å². The first-order valence-corrected chi connectivity index (χ1v) is 7.86. The van der Waals surface area contributed by atoms with E-state index in [1.807, 2.05) is 0 Å². The number of benzene rings is 1. The van der Waals surface area contributed by atoms with Gasteiger partial charge in [0.05, 0.1) is 10.2 Å². The normalized spacial score (nSPS) is 13.6. The number of carbonyl (C=O) groups is 2. The Morgan fingerprint density at radius 2 is 2.15 bits per heavy atom. The number of nitrogens with one attached hydrogen (secondary N) is 1. The van der Waals surface area contributed by atoms with E-state index in [9.17, 15) is 18.2 Å². The van der Waals surface area contributed by atoms with Crippen LogP contribution in [0.5, 0.6) is 0 Å². The van der Waals surface area contributed by atoms with E-state index in [1.54, 1.807) is 0 Å². The Morgan fingerprint density at radius 3 is 2.65 bits per heavy atom. The van der Waals surface area contributed by atoms with Crippen LogP contribution in [0.1, 0.15) is 12.5 Å². The zero-order valence-corrected chi connectivity index (χ0v) is 13.0. The number of halogens is 2. The van der Waals surface area contributed by atoms with Gasteiger partial charge in [0.1, 0.15) is 11.9 Å². The van der Waals surface area contributed by atoms with Gasteiger partial charge in [0, 0.05) is 23.5 Å². The summed E-state index contributed by atoms with van der Waals surface area (Å²) < 4.78 is 25.2. The molecule has 8 heteroatoms. The third-order valence-electron chi connectivity index (χ3n) is 2.34. The number of carbonyl (C=O) groups excluding carboxylic acids is 1. The molecule has 0 radical (unpaired) electrons. The fourth-order valence-electron chi connectivity index (χ4n) is 1.48. The maximum Gasteiger partial charge on any atom is 0.327 e. The lowest BCUT2D eigenvalue weighted by molar-refractivity contribution is -0.140. The van der Waals surface area contributed by atoms with Crippen molar-refractivity contribution >= 4 is 38.6 Å². The van der Waals surface area contributed by atoms with Crippen LogP contribution in [0.15, 0.2) is 22.7 Å². The zero-order valence-electron chi connectivity index (χ0n) is 10.6. The molecule has 1 aromatic carbocycles. The molecule has 2 atom stereocenters. The van der Waals surface area contributed by atoms with Crippen molar-refractivity contribution in [3.8, 4) is 0 Å². The monoisotopic (exact) mass is 365 g/mol. The highest BCUT2D eigenvalue weighted by molar-refractivity contribution is 9.10. The molecule has 0 aliphatic carbocycles. The van der Waals surface area contributed by atoms with Gasteiger partial charge in [0.15, 0.2) is 0 Å². The van der Waals surface area contributed by atoms with Gasteiger partial charge in [0.2, 0.25) is 5.91 Å². The first-order valence-electron chi connectivity index (χ1n) is 5.58. The average molecular weight is 366 g/mol. The number of carboxylic acids is 1. The van der Waals surface area contributed by atoms with Crippen LogP contribution in [0.25, 0.3) is 0 Å². The van der Waals surface area contributed by atoms with E-state index >= 15 is 0 Å². The van der Waals surface area contributed by atoms with Crippen molar-refractivity contribution in [3.63, 3.8) is 0 Å². The summed E-state index contributed by atoms with van der Waals surface area (Å²) >= 11 is 3.02. The van der Waals surface area contributed by atoms with Gasteiger partial charge >= 0.3 is 5.97 Å². The molecular weight excluding hydrogens is 353 g/mol. The average Bonchev–Trinajstić information content (AvgIpc) is 2.32. The lowest BCUT2D eigenvalue weighted by Gasteiger charge is -2.12. The highest BCUT2D eigenvalue weighted by Gasteiger charge is 2.21. The fourth-order valence-corrected chi connectivity index (χ4v) is 3.17. The largest absolute Gasteiger partial charge is 0.480 e. The quantitative estimate of drug-likeness (QED) is 0.798. The van der Waals surface area contributed by atoms with E-state index in [0.29, 0.717) is 5.56 Å². The van der Waals surface area contributed by atoms with E-state index in [0.717, 1.165) is 0 Å². The molecule has 2 unspecified atom stereocenters. The molecule has 0 saturated carbocycles. The molecule has 1 rings (SSSR count). The van der Waals surface area contributed by atoms with Gasteiger partial charge in [-0.1, -0.05) is 6.07 Å². The molecule has 1 amide bonds. The number of aliphatic carboxylic acids is 1. The van der Waals surface area contributed by atoms with E-state index in [1.165, 1.54) is 25.1 Å². The minimum absolute atomic E-state index is 0.0856. The van der Waals surface area contributed by atoms with Crippen LogP contribution in [0, 0.1) is 5.82 Å². The summed E-state index contributed by atoms with van der Waals surface area (Å²) in [4.78, 5) is 21.8. The molecule has 2 N–H and O–H groups in total. The van der Waals surface area contributed by atoms with Crippen molar-refractivity contribution < 1.29 is 23.3 Å². The molecule has 0 bridgehead atoms. The number of rotatable bonds is 6. The van der Waals surface area contributed by atoms with E-state index in [4.69, 9.17) is 5.11 Å². The Morgan fingerprint density at radius 1 is 1.50 bits per heavy atom. The van der Waals surface area contributed by atoms with Crippen LogP contribution in [0.4, 0.5) is 4.39 Å². The van der Waals surface area contributed by atoms with E-state index in [2.05, 4.69) is 21.2 Å². The molecule has 0 aliphatic rings. The smallest absolute Gasteiger partial charge is 0.327 e. The van der Waals surface area contributed by atoms with Gasteiger partial charge in [-0.25, -0.2) is 9.18 Å². The first-order chi connectivity index (χ1) is 9.29. The standard InChI is InChI=1S/C12H13BrFNO4S/c1-7(16)15-11(12(17)18)6-20(19)5-8-2-3-10(14)9(13)4-8/h2-4,11H,5-6H2,1H3,(H,15,16)(H,17,18). The zero-order chi connectivity index (χ0) is 15.3. The molecule has 0 saturated heterocycles. The van der Waals surface area contributed by atoms with Gasteiger partial charge in [-0.2, -0.15) is 0 Å². The highest BCUT2D eigenvalue weighted by atomic mass is 79.9. The second-order valence-electron chi connectivity index (χ2n) is 4.09. The Balaban J connectivity index is 2.67. The van der Waals surface area contributed by atoms with Crippen molar-refractivity contribution in [2.24, 2.45) is 0 Å². The van der Waals surface area contributed by atoms with E-state index in [-0.39, 0.29) is 16.0 Å². The van der Waals surface area contributed by atoms with Crippen molar-refractivity contribution in [1.29, 1.82) is 0 Å². The SMILES string of the molecule is CC(=O)NC(CS(=O)Cc1ccc(F)c(Br)c1)C(=O)O. The molecular formula is C12H13BrFNO4S. The minimum atomic E-state index is -1.49. The Kier molecular flexibility index (Phi) is 6.28. The van der Waals surface area contributed by atoms with E-state index < -0.39 is 34.5 Å². The van der Waals surface area contributed by atoms with Crippen LogP contribution < -0.4 is 5.32 Å². The second kappa shape index (κ2) is 7.49. The molecule has 0 fully saturated rings. The fraction of sp³-hybridized carbons (Fsp3) is 0.333. The lowest BCUT2D eigenvalue weighted by atomic mass is 10.2. The van der Waals surface area contributed by atoms with Gasteiger partial charge in [-0.3, -0.25) is 9.00 Å². The summed E-state index contributed by atoms with van der Waals surface area (Å²) in [7, 11) is -1.49. The Bertz CT molecular complexity index is 552. The topological polar surface area (TPSA) is 83.5 Å². The summed E-state index contributed by atoms with van der Waals surface area (Å²) in [5, 5.41) is 11.1. The third-order valence-corrected chi connectivity index (χ3v) is 4.31. The highest BCUT2D eigenvalue weighted by Crippen LogP contribution is 2.18. The van der Waals surface area contributed by atoms with Crippen LogP contribution in [-0.4, -0.2) is 33.0 Å².